The van der Waals surface area contributed by atoms with Gasteiger partial charge < -0.3 is 21.9 Å². The van der Waals surface area contributed by atoms with Crippen molar-refractivity contribution in [3.05, 3.63) is 69.0 Å². The first-order chi connectivity index (χ1) is 14.3. The molecule has 2 aromatic carbocycles. The summed E-state index contributed by atoms with van der Waals surface area (Å²) < 4.78 is 0. The molecule has 0 fully saturated rings. The number of aromatic nitrogens is 2. The minimum atomic E-state index is -1.07. The summed E-state index contributed by atoms with van der Waals surface area (Å²) in [5.74, 6) is -0.237. The first-order valence-electron chi connectivity index (χ1n) is 8.69. The number of fused-ring (bicyclic) bond motifs is 1. The second kappa shape index (κ2) is 8.17. The highest BCUT2D eigenvalue weighted by atomic mass is 35.5. The standard InChI is InChI=1S/C20H15Cl2N5O2S/c21-10-3-6-12(14(22)7-10)16-13-8-15(30-19(13)27-20(24)26-16)18(29)25-11-4-1-9(2-5-11)17(23)28/h1-8,17,28H,23H2,(H,25,29)(H2,24,26,27). The van der Waals surface area contributed by atoms with E-state index >= 15 is 0 Å². The van der Waals surface area contributed by atoms with E-state index in [2.05, 4.69) is 15.3 Å². The van der Waals surface area contributed by atoms with E-state index in [-0.39, 0.29) is 11.9 Å². The Hall–Kier alpha value is -2.75. The Labute approximate surface area is 185 Å². The molecule has 4 rings (SSSR count). The van der Waals surface area contributed by atoms with Crippen molar-refractivity contribution in [3.8, 4) is 11.3 Å². The Morgan fingerprint density at radius 1 is 1.10 bits per heavy atom. The minimum absolute atomic E-state index is 0.0771. The van der Waals surface area contributed by atoms with Gasteiger partial charge >= 0.3 is 0 Å². The van der Waals surface area contributed by atoms with Gasteiger partial charge in [-0.2, -0.15) is 0 Å². The number of thiophene rings is 1. The summed E-state index contributed by atoms with van der Waals surface area (Å²) in [6.07, 6.45) is -1.07. The highest BCUT2D eigenvalue weighted by Crippen LogP contribution is 2.37. The van der Waals surface area contributed by atoms with E-state index in [4.69, 9.17) is 34.7 Å². The molecule has 0 saturated heterocycles. The lowest BCUT2D eigenvalue weighted by atomic mass is 10.1. The van der Waals surface area contributed by atoms with Crippen LogP contribution in [-0.2, 0) is 0 Å². The molecular formula is C20H15Cl2N5O2S. The van der Waals surface area contributed by atoms with Crippen LogP contribution in [0.15, 0.2) is 48.5 Å². The molecule has 4 aromatic rings. The number of anilines is 2. The molecule has 6 N–H and O–H groups in total. The summed E-state index contributed by atoms with van der Waals surface area (Å²) in [6, 6.07) is 13.4. The monoisotopic (exact) mass is 459 g/mol. The van der Waals surface area contributed by atoms with Gasteiger partial charge in [-0.25, -0.2) is 9.97 Å². The number of benzene rings is 2. The Morgan fingerprint density at radius 2 is 1.83 bits per heavy atom. The van der Waals surface area contributed by atoms with Gasteiger partial charge in [-0.05, 0) is 42.0 Å². The molecule has 1 unspecified atom stereocenters. The van der Waals surface area contributed by atoms with Crippen molar-refractivity contribution in [2.45, 2.75) is 6.23 Å². The molecule has 152 valence electrons. The van der Waals surface area contributed by atoms with Crippen molar-refractivity contribution < 1.29 is 9.90 Å². The summed E-state index contributed by atoms with van der Waals surface area (Å²) in [4.78, 5) is 22.3. The summed E-state index contributed by atoms with van der Waals surface area (Å²) >= 11 is 13.5. The van der Waals surface area contributed by atoms with Gasteiger partial charge in [0, 0.05) is 21.7 Å². The Balaban J connectivity index is 1.70. The molecule has 2 heterocycles. The molecule has 1 amide bonds. The van der Waals surface area contributed by atoms with Gasteiger partial charge in [-0.3, -0.25) is 4.79 Å². The van der Waals surface area contributed by atoms with Gasteiger partial charge in [-0.15, -0.1) is 11.3 Å². The lowest BCUT2D eigenvalue weighted by molar-refractivity contribution is 0.103. The minimum Gasteiger partial charge on any atom is -0.375 e. The number of nitrogen functional groups attached to an aromatic ring is 1. The number of rotatable bonds is 4. The summed E-state index contributed by atoms with van der Waals surface area (Å²) in [5, 5.41) is 13.8. The van der Waals surface area contributed by atoms with Crippen molar-refractivity contribution in [2.75, 3.05) is 11.1 Å². The number of nitrogens with two attached hydrogens (primary N) is 2. The van der Waals surface area contributed by atoms with E-state index in [1.54, 1.807) is 48.5 Å². The Bertz CT molecular complexity index is 1260. The van der Waals surface area contributed by atoms with E-state index in [1.165, 1.54) is 11.3 Å². The van der Waals surface area contributed by atoms with Crippen LogP contribution < -0.4 is 16.8 Å². The molecule has 0 spiro atoms. The second-order valence-electron chi connectivity index (χ2n) is 6.41. The summed E-state index contributed by atoms with van der Waals surface area (Å²) in [5.41, 5.74) is 13.6. The molecule has 1 atom stereocenters. The molecule has 0 aliphatic heterocycles. The third kappa shape index (κ3) is 4.09. The van der Waals surface area contributed by atoms with Crippen LogP contribution in [-0.4, -0.2) is 21.0 Å². The van der Waals surface area contributed by atoms with Crippen LogP contribution in [0.1, 0.15) is 21.5 Å². The SMILES string of the molecule is Nc1nc(-c2ccc(Cl)cc2Cl)c2cc(C(=O)Nc3ccc(C(N)O)cc3)sc2n1. The Kier molecular flexibility index (Phi) is 5.59. The van der Waals surface area contributed by atoms with Crippen molar-refractivity contribution >= 4 is 62.3 Å². The average Bonchev–Trinajstić information content (AvgIpc) is 3.12. The van der Waals surface area contributed by atoms with E-state index in [1.807, 2.05) is 0 Å². The lowest BCUT2D eigenvalue weighted by Gasteiger charge is -2.07. The maximum Gasteiger partial charge on any atom is 0.265 e. The molecule has 0 bridgehead atoms. The van der Waals surface area contributed by atoms with Gasteiger partial charge in [0.2, 0.25) is 5.95 Å². The van der Waals surface area contributed by atoms with Crippen molar-refractivity contribution in [3.63, 3.8) is 0 Å². The zero-order valence-electron chi connectivity index (χ0n) is 15.3. The molecule has 2 aromatic heterocycles. The van der Waals surface area contributed by atoms with Gasteiger partial charge in [0.05, 0.1) is 15.6 Å². The zero-order chi connectivity index (χ0) is 21.4. The molecule has 30 heavy (non-hydrogen) atoms. The number of aliphatic hydroxyl groups is 1. The fourth-order valence-electron chi connectivity index (χ4n) is 2.89. The molecule has 10 heteroatoms. The van der Waals surface area contributed by atoms with Crippen molar-refractivity contribution in [2.24, 2.45) is 5.73 Å². The summed E-state index contributed by atoms with van der Waals surface area (Å²) in [6.45, 7) is 0. The van der Waals surface area contributed by atoms with Crippen molar-refractivity contribution in [1.82, 2.24) is 9.97 Å². The largest absolute Gasteiger partial charge is 0.375 e. The van der Waals surface area contributed by atoms with Crippen molar-refractivity contribution in [1.29, 1.82) is 0 Å². The average molecular weight is 460 g/mol. The number of aliphatic hydroxyl groups excluding tert-OH is 1. The smallest absolute Gasteiger partial charge is 0.265 e. The number of hydrogen-bond acceptors (Lipinski definition) is 7. The highest BCUT2D eigenvalue weighted by molar-refractivity contribution is 7.20. The Morgan fingerprint density at radius 3 is 2.50 bits per heavy atom. The third-order valence-corrected chi connectivity index (χ3v) is 5.91. The van der Waals surface area contributed by atoms with E-state index in [0.717, 1.165) is 0 Å². The second-order valence-corrected chi connectivity index (χ2v) is 8.28. The normalized spacial score (nSPS) is 12.1. The van der Waals surface area contributed by atoms with E-state index < -0.39 is 6.23 Å². The number of nitrogens with zero attached hydrogens (tertiary/aromatic N) is 2. The molecule has 0 saturated carbocycles. The first-order valence-corrected chi connectivity index (χ1v) is 10.3. The van der Waals surface area contributed by atoms with Gasteiger partial charge in [0.1, 0.15) is 11.1 Å². The zero-order valence-corrected chi connectivity index (χ0v) is 17.6. The van der Waals surface area contributed by atoms with E-state index in [0.29, 0.717) is 47.6 Å². The van der Waals surface area contributed by atoms with Crippen LogP contribution >= 0.6 is 34.5 Å². The maximum atomic E-state index is 12.7. The maximum absolute atomic E-state index is 12.7. The van der Waals surface area contributed by atoms with Crippen LogP contribution in [0.2, 0.25) is 10.0 Å². The number of amides is 1. The lowest BCUT2D eigenvalue weighted by Crippen LogP contribution is -2.11. The molecule has 0 aliphatic carbocycles. The van der Waals surface area contributed by atoms with Crippen LogP contribution in [0.3, 0.4) is 0 Å². The number of nitrogens with one attached hydrogen (secondary N) is 1. The molecule has 0 aliphatic rings. The predicted molar refractivity (Wildman–Crippen MR) is 121 cm³/mol. The first kappa shape index (κ1) is 20.5. The van der Waals surface area contributed by atoms with Crippen LogP contribution in [0, 0.1) is 0 Å². The predicted octanol–water partition coefficient (Wildman–Crippen LogP) is 4.45. The number of hydrogen-bond donors (Lipinski definition) is 4. The van der Waals surface area contributed by atoms with Crippen LogP contribution in [0.5, 0.6) is 0 Å². The number of halogens is 2. The molecule has 0 radical (unpaired) electrons. The van der Waals surface area contributed by atoms with Gasteiger partial charge in [-0.1, -0.05) is 35.3 Å². The number of carbonyl (C=O) groups is 1. The van der Waals surface area contributed by atoms with Crippen LogP contribution in [0.25, 0.3) is 21.5 Å². The summed E-state index contributed by atoms with van der Waals surface area (Å²) in [7, 11) is 0. The van der Waals surface area contributed by atoms with E-state index in [9.17, 15) is 9.90 Å². The van der Waals surface area contributed by atoms with Gasteiger partial charge in [0.25, 0.3) is 5.91 Å². The highest BCUT2D eigenvalue weighted by Gasteiger charge is 2.18. The van der Waals surface area contributed by atoms with Gasteiger partial charge in [0.15, 0.2) is 0 Å². The fourth-order valence-corrected chi connectivity index (χ4v) is 4.32. The third-order valence-electron chi connectivity index (χ3n) is 4.33. The molecule has 7 nitrogen and oxygen atoms in total. The molecular weight excluding hydrogens is 445 g/mol. The van der Waals surface area contributed by atoms with Crippen LogP contribution in [0.4, 0.5) is 11.6 Å². The topological polar surface area (TPSA) is 127 Å². The number of carbonyl (C=O) groups excluding carboxylic acids is 1. The quantitative estimate of drug-likeness (QED) is 0.333. The fraction of sp³-hybridized carbons (Fsp3) is 0.0500.